The van der Waals surface area contributed by atoms with Crippen LogP contribution in [0, 0.1) is 5.92 Å². The summed E-state index contributed by atoms with van der Waals surface area (Å²) in [6, 6.07) is 0. The molecule has 0 aliphatic heterocycles. The monoisotopic (exact) mass is 191 g/mol. The smallest absolute Gasteiger partial charge is 0.0434 e. The molecule has 2 nitrogen and oxygen atoms in total. The highest BCUT2D eigenvalue weighted by molar-refractivity contribution is 6.25. The molecule has 0 amide bonds. The minimum absolute atomic E-state index is 0.271. The second-order valence-corrected chi connectivity index (χ2v) is 3.42. The molecule has 0 saturated carbocycles. The summed E-state index contributed by atoms with van der Waals surface area (Å²) in [5.41, 5.74) is 2.72. The van der Waals surface area contributed by atoms with Crippen molar-refractivity contribution in [3.8, 4) is 0 Å². The van der Waals surface area contributed by atoms with Crippen molar-refractivity contribution >= 4 is 11.6 Å². The Bertz CT molecular complexity index is 136. The Morgan fingerprint density at radius 1 is 1.67 bits per heavy atom. The molecule has 0 fully saturated rings. The molecule has 0 radical (unpaired) electrons. The van der Waals surface area contributed by atoms with Crippen LogP contribution >= 0.6 is 11.6 Å². The number of halogens is 1. The van der Waals surface area contributed by atoms with Crippen LogP contribution in [-0.4, -0.2) is 24.8 Å². The predicted molar refractivity (Wildman–Crippen MR) is 53.3 cm³/mol. The molecule has 0 aromatic rings. The van der Waals surface area contributed by atoms with Gasteiger partial charge in [0.2, 0.25) is 0 Å². The molecule has 12 heavy (non-hydrogen) atoms. The zero-order valence-corrected chi connectivity index (χ0v) is 8.56. The van der Waals surface area contributed by atoms with Crippen molar-refractivity contribution < 1.29 is 5.11 Å². The van der Waals surface area contributed by atoms with Crippen molar-refractivity contribution in [3.05, 3.63) is 11.1 Å². The maximum absolute atomic E-state index is 8.63. The lowest BCUT2D eigenvalue weighted by atomic mass is 10.1. The SMILES string of the molecule is CC(=CCl)CNCC(C)CCO. The standard InChI is InChI=1S/C9H18ClNO/c1-8(3-4-12)6-11-7-9(2)5-10/h5,8,11-12H,3-4,6-7H2,1-2H3. The van der Waals surface area contributed by atoms with Crippen LogP contribution < -0.4 is 5.32 Å². The molecule has 1 unspecified atom stereocenters. The number of rotatable bonds is 6. The molecule has 0 aromatic carbocycles. The van der Waals surface area contributed by atoms with Crippen LogP contribution in [0.4, 0.5) is 0 Å². The molecule has 3 heteroatoms. The Hall–Kier alpha value is -0.0500. The summed E-state index contributed by atoms with van der Waals surface area (Å²) in [6.07, 6.45) is 0.858. The molecule has 0 bridgehead atoms. The van der Waals surface area contributed by atoms with E-state index >= 15 is 0 Å². The van der Waals surface area contributed by atoms with Gasteiger partial charge in [0.05, 0.1) is 0 Å². The largest absolute Gasteiger partial charge is 0.396 e. The summed E-state index contributed by atoms with van der Waals surface area (Å²) >= 11 is 5.49. The second-order valence-electron chi connectivity index (χ2n) is 3.20. The first kappa shape index (κ1) is 11.9. The highest BCUT2D eigenvalue weighted by Crippen LogP contribution is 1.99. The maximum Gasteiger partial charge on any atom is 0.0434 e. The summed E-state index contributed by atoms with van der Waals surface area (Å²) in [5, 5.41) is 11.9. The number of aliphatic hydroxyl groups is 1. The van der Waals surface area contributed by atoms with Gasteiger partial charge in [-0.3, -0.25) is 0 Å². The summed E-state index contributed by atoms with van der Waals surface area (Å²) < 4.78 is 0. The van der Waals surface area contributed by atoms with Crippen LogP contribution in [-0.2, 0) is 0 Å². The fraction of sp³-hybridized carbons (Fsp3) is 0.778. The molecule has 1 atom stereocenters. The van der Waals surface area contributed by atoms with E-state index in [9.17, 15) is 0 Å². The first-order valence-corrected chi connectivity index (χ1v) is 4.71. The number of hydrogen-bond donors (Lipinski definition) is 2. The predicted octanol–water partition coefficient (Wildman–Crippen LogP) is 1.74. The normalized spacial score (nSPS) is 14.8. The zero-order valence-electron chi connectivity index (χ0n) is 7.81. The van der Waals surface area contributed by atoms with Crippen LogP contribution in [0.5, 0.6) is 0 Å². The molecule has 0 aliphatic rings. The van der Waals surface area contributed by atoms with E-state index < -0.39 is 0 Å². The zero-order chi connectivity index (χ0) is 9.40. The third kappa shape index (κ3) is 6.65. The molecule has 0 aliphatic carbocycles. The lowest BCUT2D eigenvalue weighted by Gasteiger charge is -2.10. The lowest BCUT2D eigenvalue weighted by molar-refractivity contribution is 0.261. The Balaban J connectivity index is 3.30. The average Bonchev–Trinajstić information content (AvgIpc) is 2.04. The van der Waals surface area contributed by atoms with E-state index in [1.807, 2.05) is 6.92 Å². The van der Waals surface area contributed by atoms with Gasteiger partial charge in [0.15, 0.2) is 0 Å². The maximum atomic E-state index is 8.63. The summed E-state index contributed by atoms with van der Waals surface area (Å²) in [7, 11) is 0. The van der Waals surface area contributed by atoms with Crippen LogP contribution in [0.3, 0.4) is 0 Å². The van der Waals surface area contributed by atoms with Crippen LogP contribution in [0.1, 0.15) is 20.3 Å². The van der Waals surface area contributed by atoms with Crippen molar-refractivity contribution in [1.29, 1.82) is 0 Å². The van der Waals surface area contributed by atoms with Crippen LogP contribution in [0.2, 0.25) is 0 Å². The van der Waals surface area contributed by atoms with Gasteiger partial charge >= 0.3 is 0 Å². The highest BCUT2D eigenvalue weighted by Gasteiger charge is 1.99. The van der Waals surface area contributed by atoms with Gasteiger partial charge in [0.25, 0.3) is 0 Å². The van der Waals surface area contributed by atoms with Crippen molar-refractivity contribution in [2.24, 2.45) is 5.92 Å². The third-order valence-corrected chi connectivity index (χ3v) is 2.08. The molecule has 0 heterocycles. The van der Waals surface area contributed by atoms with Gasteiger partial charge in [0.1, 0.15) is 0 Å². The van der Waals surface area contributed by atoms with Gasteiger partial charge in [-0.1, -0.05) is 18.5 Å². The van der Waals surface area contributed by atoms with Gasteiger partial charge in [-0.2, -0.15) is 0 Å². The van der Waals surface area contributed by atoms with E-state index in [0.717, 1.165) is 25.1 Å². The Morgan fingerprint density at radius 3 is 2.83 bits per heavy atom. The van der Waals surface area contributed by atoms with E-state index in [1.165, 1.54) is 0 Å². The molecule has 2 N–H and O–H groups in total. The second kappa shape index (κ2) is 7.59. The molecule has 72 valence electrons. The van der Waals surface area contributed by atoms with Gasteiger partial charge in [-0.15, -0.1) is 0 Å². The van der Waals surface area contributed by atoms with Crippen molar-refractivity contribution in [2.75, 3.05) is 19.7 Å². The van der Waals surface area contributed by atoms with Crippen molar-refractivity contribution in [3.63, 3.8) is 0 Å². The molecular formula is C9H18ClNO. The molecular weight excluding hydrogens is 174 g/mol. The highest BCUT2D eigenvalue weighted by atomic mass is 35.5. The van der Waals surface area contributed by atoms with Crippen molar-refractivity contribution in [2.45, 2.75) is 20.3 Å². The quantitative estimate of drug-likeness (QED) is 0.671. The van der Waals surface area contributed by atoms with E-state index in [4.69, 9.17) is 16.7 Å². The van der Waals surface area contributed by atoms with Gasteiger partial charge in [-0.25, -0.2) is 0 Å². The van der Waals surface area contributed by atoms with Gasteiger partial charge in [-0.05, 0) is 31.4 Å². The molecule has 0 aromatic heterocycles. The summed E-state index contributed by atoms with van der Waals surface area (Å²) in [5.74, 6) is 0.526. The summed E-state index contributed by atoms with van der Waals surface area (Å²) in [6.45, 7) is 6.13. The van der Waals surface area contributed by atoms with Crippen LogP contribution in [0.25, 0.3) is 0 Å². The van der Waals surface area contributed by atoms with Crippen LogP contribution in [0.15, 0.2) is 11.1 Å². The molecule has 0 saturated heterocycles. The first-order chi connectivity index (χ1) is 5.70. The minimum atomic E-state index is 0.271. The first-order valence-electron chi connectivity index (χ1n) is 4.28. The molecule has 0 spiro atoms. The van der Waals surface area contributed by atoms with Gasteiger partial charge in [0, 0.05) is 18.7 Å². The number of aliphatic hydroxyl groups excluding tert-OH is 1. The summed E-state index contributed by atoms with van der Waals surface area (Å²) in [4.78, 5) is 0. The van der Waals surface area contributed by atoms with Gasteiger partial charge < -0.3 is 10.4 Å². The number of nitrogens with one attached hydrogen (secondary N) is 1. The Morgan fingerprint density at radius 2 is 2.33 bits per heavy atom. The van der Waals surface area contributed by atoms with E-state index in [1.54, 1.807) is 5.54 Å². The van der Waals surface area contributed by atoms with Crippen molar-refractivity contribution in [1.82, 2.24) is 5.32 Å². The molecule has 0 rings (SSSR count). The minimum Gasteiger partial charge on any atom is -0.396 e. The third-order valence-electron chi connectivity index (χ3n) is 1.70. The van der Waals surface area contributed by atoms with E-state index in [2.05, 4.69) is 12.2 Å². The topological polar surface area (TPSA) is 32.3 Å². The number of hydrogen-bond acceptors (Lipinski definition) is 2. The fourth-order valence-electron chi connectivity index (χ4n) is 0.877. The Kier molecular flexibility index (Phi) is 7.56. The lowest BCUT2D eigenvalue weighted by Crippen LogP contribution is -2.23. The fourth-order valence-corrected chi connectivity index (χ4v) is 0.954. The average molecular weight is 192 g/mol. The van der Waals surface area contributed by atoms with E-state index in [-0.39, 0.29) is 6.61 Å². The Labute approximate surface area is 79.6 Å². The van der Waals surface area contributed by atoms with E-state index in [0.29, 0.717) is 5.92 Å².